The van der Waals surface area contributed by atoms with Gasteiger partial charge in [-0.15, -0.1) is 0 Å². The number of halogens is 4. The van der Waals surface area contributed by atoms with Crippen LogP contribution in [0.15, 0.2) is 12.3 Å². The fraction of sp³-hybridized carbons (Fsp3) is 0.600. The van der Waals surface area contributed by atoms with E-state index in [-0.39, 0.29) is 29.7 Å². The van der Waals surface area contributed by atoms with E-state index in [2.05, 4.69) is 20.9 Å². The molecule has 0 aromatic carbocycles. The summed E-state index contributed by atoms with van der Waals surface area (Å²) in [6, 6.07) is 0.812. The molecule has 1 amide bonds. The average Bonchev–Trinajstić information content (AvgIpc) is 3.01. The minimum absolute atomic E-state index is 0.114. The van der Waals surface area contributed by atoms with Crippen LogP contribution in [0.4, 0.5) is 19.0 Å². The molecule has 1 saturated heterocycles. The van der Waals surface area contributed by atoms with Crippen molar-refractivity contribution in [3.8, 4) is 0 Å². The third kappa shape index (κ3) is 5.83. The van der Waals surface area contributed by atoms with Crippen molar-refractivity contribution in [2.75, 3.05) is 31.5 Å². The minimum Gasteiger partial charge on any atom is -0.368 e. The highest BCUT2D eigenvalue weighted by Crippen LogP contribution is 2.32. The van der Waals surface area contributed by atoms with Crippen LogP contribution >= 0.6 is 11.6 Å². The zero-order valence-electron chi connectivity index (χ0n) is 13.0. The van der Waals surface area contributed by atoms with Crippen LogP contribution in [0.2, 0.25) is 5.02 Å². The fourth-order valence-electron chi connectivity index (χ4n) is 2.48. The number of amides is 1. The Morgan fingerprint density at radius 2 is 2.21 bits per heavy atom. The molecule has 0 radical (unpaired) electrons. The molecule has 134 valence electrons. The average molecular weight is 365 g/mol. The summed E-state index contributed by atoms with van der Waals surface area (Å²) in [5.74, 6) is 0.629. The van der Waals surface area contributed by atoms with E-state index >= 15 is 0 Å². The van der Waals surface area contributed by atoms with Crippen molar-refractivity contribution < 1.29 is 18.0 Å². The topological polar surface area (TPSA) is 66.0 Å². The van der Waals surface area contributed by atoms with Gasteiger partial charge in [0.1, 0.15) is 5.82 Å². The first kappa shape index (κ1) is 18.8. The van der Waals surface area contributed by atoms with Crippen molar-refractivity contribution in [3.05, 3.63) is 22.8 Å². The predicted octanol–water partition coefficient (Wildman–Crippen LogP) is 2.67. The maximum atomic E-state index is 12.5. The molecule has 0 bridgehead atoms. The number of anilines is 1. The Bertz CT molecular complexity index is 562. The summed E-state index contributed by atoms with van der Waals surface area (Å²) in [5.41, 5.74) is -0.905. The Balaban J connectivity index is 1.68. The molecule has 1 aliphatic heterocycles. The Hall–Kier alpha value is -1.54. The number of aromatic nitrogens is 1. The standard InChI is InChI=1S/C15H20ClF3N4O/c16-12-7-11(15(17,18)19)9-23-14(12)22-6-3-13(24)21-5-2-10-1-4-20-8-10/h7,9-10,20H,1-6,8H2,(H,21,24)(H,22,23). The van der Waals surface area contributed by atoms with Gasteiger partial charge in [0, 0.05) is 25.7 Å². The van der Waals surface area contributed by atoms with E-state index in [0.717, 1.165) is 32.0 Å². The molecular formula is C15H20ClF3N4O. The molecule has 2 rings (SSSR count). The number of pyridine rings is 1. The van der Waals surface area contributed by atoms with Gasteiger partial charge in [-0.05, 0) is 37.9 Å². The number of nitrogens with one attached hydrogen (secondary N) is 3. The van der Waals surface area contributed by atoms with Crippen molar-refractivity contribution in [1.29, 1.82) is 0 Å². The van der Waals surface area contributed by atoms with Gasteiger partial charge in [-0.2, -0.15) is 13.2 Å². The lowest BCUT2D eigenvalue weighted by molar-refractivity contribution is -0.137. The second-order valence-corrected chi connectivity index (χ2v) is 6.13. The normalized spacial score (nSPS) is 17.8. The lowest BCUT2D eigenvalue weighted by Crippen LogP contribution is -2.28. The van der Waals surface area contributed by atoms with Gasteiger partial charge in [0.05, 0.1) is 10.6 Å². The number of carbonyl (C=O) groups is 1. The molecule has 1 aromatic heterocycles. The summed E-state index contributed by atoms with van der Waals surface area (Å²) >= 11 is 5.78. The molecule has 0 spiro atoms. The molecule has 1 atom stereocenters. The summed E-state index contributed by atoms with van der Waals surface area (Å²) in [6.07, 6.45) is -1.50. The summed E-state index contributed by atoms with van der Waals surface area (Å²) < 4.78 is 37.5. The van der Waals surface area contributed by atoms with Crippen LogP contribution in [0.3, 0.4) is 0 Å². The number of rotatable bonds is 7. The maximum Gasteiger partial charge on any atom is 0.417 e. The Morgan fingerprint density at radius 3 is 2.83 bits per heavy atom. The summed E-state index contributed by atoms with van der Waals surface area (Å²) in [4.78, 5) is 15.4. The van der Waals surface area contributed by atoms with Crippen LogP contribution in [0.5, 0.6) is 0 Å². The Labute approximate surface area is 143 Å². The molecule has 2 heterocycles. The first-order valence-corrected chi connectivity index (χ1v) is 8.18. The van der Waals surface area contributed by atoms with Gasteiger partial charge < -0.3 is 16.0 Å². The zero-order valence-corrected chi connectivity index (χ0v) is 13.8. The molecule has 24 heavy (non-hydrogen) atoms. The van der Waals surface area contributed by atoms with E-state index in [1.54, 1.807) is 0 Å². The van der Waals surface area contributed by atoms with Crippen molar-refractivity contribution >= 4 is 23.3 Å². The summed E-state index contributed by atoms with van der Waals surface area (Å²) in [6.45, 7) is 2.90. The lowest BCUT2D eigenvalue weighted by atomic mass is 10.1. The van der Waals surface area contributed by atoms with Gasteiger partial charge in [0.25, 0.3) is 0 Å². The smallest absolute Gasteiger partial charge is 0.368 e. The van der Waals surface area contributed by atoms with Crippen LogP contribution in [0.25, 0.3) is 0 Å². The maximum absolute atomic E-state index is 12.5. The molecule has 3 N–H and O–H groups in total. The monoisotopic (exact) mass is 364 g/mol. The fourth-order valence-corrected chi connectivity index (χ4v) is 2.72. The third-order valence-electron chi connectivity index (χ3n) is 3.85. The number of alkyl halides is 3. The van der Waals surface area contributed by atoms with Crippen LogP contribution < -0.4 is 16.0 Å². The van der Waals surface area contributed by atoms with E-state index in [1.807, 2.05) is 0 Å². The lowest BCUT2D eigenvalue weighted by Gasteiger charge is -2.11. The van der Waals surface area contributed by atoms with Gasteiger partial charge in [-0.25, -0.2) is 4.98 Å². The highest BCUT2D eigenvalue weighted by atomic mass is 35.5. The molecule has 1 fully saturated rings. The first-order valence-electron chi connectivity index (χ1n) is 7.80. The number of carbonyl (C=O) groups excluding carboxylic acids is 1. The highest BCUT2D eigenvalue weighted by Gasteiger charge is 2.31. The van der Waals surface area contributed by atoms with E-state index in [9.17, 15) is 18.0 Å². The van der Waals surface area contributed by atoms with Crippen LogP contribution in [0.1, 0.15) is 24.8 Å². The van der Waals surface area contributed by atoms with Crippen molar-refractivity contribution in [3.63, 3.8) is 0 Å². The van der Waals surface area contributed by atoms with Crippen molar-refractivity contribution in [2.24, 2.45) is 5.92 Å². The predicted molar refractivity (Wildman–Crippen MR) is 86.0 cm³/mol. The van der Waals surface area contributed by atoms with Crippen molar-refractivity contribution in [2.45, 2.75) is 25.4 Å². The van der Waals surface area contributed by atoms with E-state index < -0.39 is 11.7 Å². The SMILES string of the molecule is O=C(CCNc1ncc(C(F)(F)F)cc1Cl)NCCC1CCNC1. The van der Waals surface area contributed by atoms with Crippen LogP contribution in [-0.2, 0) is 11.0 Å². The molecule has 5 nitrogen and oxygen atoms in total. The molecule has 1 unspecified atom stereocenters. The van der Waals surface area contributed by atoms with E-state index in [4.69, 9.17) is 11.6 Å². The highest BCUT2D eigenvalue weighted by molar-refractivity contribution is 6.32. The molecular weight excluding hydrogens is 345 g/mol. The quantitative estimate of drug-likeness (QED) is 0.696. The first-order chi connectivity index (χ1) is 11.4. The number of hydrogen-bond donors (Lipinski definition) is 3. The van der Waals surface area contributed by atoms with Crippen LogP contribution in [-0.4, -0.2) is 37.1 Å². The molecule has 0 saturated carbocycles. The Kier molecular flexibility index (Phi) is 6.68. The Morgan fingerprint density at radius 1 is 1.42 bits per heavy atom. The van der Waals surface area contributed by atoms with Crippen molar-refractivity contribution in [1.82, 2.24) is 15.6 Å². The van der Waals surface area contributed by atoms with E-state index in [0.29, 0.717) is 18.7 Å². The molecule has 9 heteroatoms. The van der Waals surface area contributed by atoms with Gasteiger partial charge in [-0.1, -0.05) is 11.6 Å². The molecule has 0 aliphatic carbocycles. The second kappa shape index (κ2) is 8.53. The van der Waals surface area contributed by atoms with Crippen LogP contribution in [0, 0.1) is 5.92 Å². The van der Waals surface area contributed by atoms with Gasteiger partial charge in [0.2, 0.25) is 5.91 Å². The van der Waals surface area contributed by atoms with E-state index in [1.165, 1.54) is 0 Å². The second-order valence-electron chi connectivity index (χ2n) is 5.73. The molecule has 1 aliphatic rings. The number of hydrogen-bond acceptors (Lipinski definition) is 4. The van der Waals surface area contributed by atoms with Gasteiger partial charge in [0.15, 0.2) is 0 Å². The molecule has 1 aromatic rings. The largest absolute Gasteiger partial charge is 0.417 e. The summed E-state index contributed by atoms with van der Waals surface area (Å²) in [5, 5.41) is 8.75. The minimum atomic E-state index is -4.48. The van der Waals surface area contributed by atoms with Gasteiger partial charge in [-0.3, -0.25) is 4.79 Å². The van der Waals surface area contributed by atoms with Gasteiger partial charge >= 0.3 is 6.18 Å². The summed E-state index contributed by atoms with van der Waals surface area (Å²) in [7, 11) is 0. The third-order valence-corrected chi connectivity index (χ3v) is 4.14. The zero-order chi connectivity index (χ0) is 17.6. The number of nitrogens with zero attached hydrogens (tertiary/aromatic N) is 1.